The summed E-state index contributed by atoms with van der Waals surface area (Å²) in [6, 6.07) is 2.82. The lowest BCUT2D eigenvalue weighted by atomic mass is 10.1. The van der Waals surface area contributed by atoms with Crippen molar-refractivity contribution in [1.29, 1.82) is 0 Å². The molecule has 23 heavy (non-hydrogen) atoms. The molecule has 4 heterocycles. The Morgan fingerprint density at radius 3 is 2.78 bits per heavy atom. The van der Waals surface area contributed by atoms with Gasteiger partial charge in [-0.1, -0.05) is 6.92 Å². The molecule has 6 heteroatoms. The van der Waals surface area contributed by atoms with E-state index in [-0.39, 0.29) is 0 Å². The van der Waals surface area contributed by atoms with Gasteiger partial charge < -0.3 is 10.6 Å². The zero-order valence-electron chi connectivity index (χ0n) is 14.3. The van der Waals surface area contributed by atoms with E-state index in [1.807, 2.05) is 0 Å². The maximum atomic E-state index is 4.78. The van der Waals surface area contributed by atoms with Crippen LogP contribution in [0.1, 0.15) is 25.3 Å². The van der Waals surface area contributed by atoms with E-state index < -0.39 is 0 Å². The zero-order chi connectivity index (χ0) is 16.1. The SMILES string of the molecule is CCNC(=NCC(C)c1ccsc1)NCC1CN2CCN1CC2. The van der Waals surface area contributed by atoms with Crippen molar-refractivity contribution in [2.24, 2.45) is 4.99 Å². The van der Waals surface area contributed by atoms with Crippen molar-refractivity contribution in [2.75, 3.05) is 52.4 Å². The molecule has 2 atom stereocenters. The predicted octanol–water partition coefficient (Wildman–Crippen LogP) is 1.41. The van der Waals surface area contributed by atoms with Gasteiger partial charge in [0.2, 0.25) is 0 Å². The van der Waals surface area contributed by atoms with Gasteiger partial charge in [-0.25, -0.2) is 0 Å². The zero-order valence-corrected chi connectivity index (χ0v) is 15.1. The standard InChI is InChI=1S/C17H29N5S/c1-3-18-17(19-10-14(2)15-4-9-23-13-15)20-11-16-12-21-5-7-22(16)8-6-21/h4,9,13-14,16H,3,5-8,10-12H2,1-2H3,(H2,18,19,20). The molecule has 0 saturated carbocycles. The molecule has 2 bridgehead atoms. The lowest BCUT2D eigenvalue weighted by Crippen LogP contribution is -2.63. The Balaban J connectivity index is 1.50. The maximum absolute atomic E-state index is 4.78. The Bertz CT molecular complexity index is 493. The Morgan fingerprint density at radius 1 is 1.35 bits per heavy atom. The molecule has 3 saturated heterocycles. The van der Waals surface area contributed by atoms with Crippen LogP contribution in [0.4, 0.5) is 0 Å². The third kappa shape index (κ3) is 4.46. The first-order valence-electron chi connectivity index (χ1n) is 8.77. The summed E-state index contributed by atoms with van der Waals surface area (Å²) in [7, 11) is 0. The first-order valence-corrected chi connectivity index (χ1v) is 9.71. The summed E-state index contributed by atoms with van der Waals surface area (Å²) in [6.45, 7) is 13.2. The third-order valence-electron chi connectivity index (χ3n) is 4.88. The van der Waals surface area contributed by atoms with E-state index in [0.29, 0.717) is 12.0 Å². The summed E-state index contributed by atoms with van der Waals surface area (Å²) in [5.74, 6) is 1.42. The molecule has 4 rings (SSSR count). The second-order valence-corrected chi connectivity index (χ2v) is 7.33. The fraction of sp³-hybridized carbons (Fsp3) is 0.706. The van der Waals surface area contributed by atoms with E-state index in [1.54, 1.807) is 11.3 Å². The third-order valence-corrected chi connectivity index (χ3v) is 5.58. The van der Waals surface area contributed by atoms with Crippen LogP contribution >= 0.6 is 11.3 Å². The minimum absolute atomic E-state index is 0.470. The van der Waals surface area contributed by atoms with Gasteiger partial charge in [0.25, 0.3) is 0 Å². The van der Waals surface area contributed by atoms with Crippen molar-refractivity contribution in [3.8, 4) is 0 Å². The average Bonchev–Trinajstić information content (AvgIpc) is 3.13. The molecule has 3 aliphatic heterocycles. The minimum Gasteiger partial charge on any atom is -0.357 e. The molecular formula is C17H29N5S. The van der Waals surface area contributed by atoms with Crippen LogP contribution in [0.25, 0.3) is 0 Å². The quantitative estimate of drug-likeness (QED) is 0.609. The van der Waals surface area contributed by atoms with Crippen LogP contribution in [-0.2, 0) is 0 Å². The molecule has 0 spiro atoms. The highest BCUT2D eigenvalue weighted by molar-refractivity contribution is 7.07. The second kappa shape index (κ2) is 8.13. The van der Waals surface area contributed by atoms with Gasteiger partial charge in [-0.2, -0.15) is 11.3 Å². The average molecular weight is 336 g/mol. The van der Waals surface area contributed by atoms with Gasteiger partial charge in [0.15, 0.2) is 5.96 Å². The van der Waals surface area contributed by atoms with Crippen LogP contribution in [0, 0.1) is 0 Å². The van der Waals surface area contributed by atoms with Crippen LogP contribution in [0.15, 0.2) is 21.8 Å². The number of thiophene rings is 1. The van der Waals surface area contributed by atoms with Crippen molar-refractivity contribution in [3.63, 3.8) is 0 Å². The number of hydrogen-bond donors (Lipinski definition) is 2. The van der Waals surface area contributed by atoms with E-state index in [1.165, 1.54) is 38.3 Å². The van der Waals surface area contributed by atoms with E-state index >= 15 is 0 Å². The number of piperazine rings is 3. The molecule has 0 aromatic carbocycles. The van der Waals surface area contributed by atoms with Crippen molar-refractivity contribution in [3.05, 3.63) is 22.4 Å². The van der Waals surface area contributed by atoms with Crippen LogP contribution in [0.5, 0.6) is 0 Å². The van der Waals surface area contributed by atoms with Crippen LogP contribution in [-0.4, -0.2) is 74.2 Å². The number of fused-ring (bicyclic) bond motifs is 3. The van der Waals surface area contributed by atoms with Crippen molar-refractivity contribution in [2.45, 2.75) is 25.8 Å². The molecule has 2 unspecified atom stereocenters. The lowest BCUT2D eigenvalue weighted by molar-refractivity contribution is 0.0154. The van der Waals surface area contributed by atoms with Crippen LogP contribution in [0.3, 0.4) is 0 Å². The highest BCUT2D eigenvalue weighted by atomic mass is 32.1. The number of hydrogen-bond acceptors (Lipinski definition) is 4. The topological polar surface area (TPSA) is 42.9 Å². The molecule has 2 N–H and O–H groups in total. The molecule has 3 fully saturated rings. The van der Waals surface area contributed by atoms with E-state index in [2.05, 4.69) is 51.1 Å². The first-order chi connectivity index (χ1) is 11.3. The Labute approximate surface area is 143 Å². The van der Waals surface area contributed by atoms with Crippen molar-refractivity contribution >= 4 is 17.3 Å². The minimum atomic E-state index is 0.470. The van der Waals surface area contributed by atoms with Crippen LogP contribution in [0.2, 0.25) is 0 Å². The smallest absolute Gasteiger partial charge is 0.191 e. The van der Waals surface area contributed by atoms with Gasteiger partial charge in [-0.3, -0.25) is 14.8 Å². The number of aliphatic imine (C=N–C) groups is 1. The summed E-state index contributed by atoms with van der Waals surface area (Å²) < 4.78 is 0. The lowest BCUT2D eigenvalue weighted by Gasteiger charge is -2.47. The van der Waals surface area contributed by atoms with Gasteiger partial charge in [-0.15, -0.1) is 0 Å². The summed E-state index contributed by atoms with van der Waals surface area (Å²) in [6.07, 6.45) is 0. The monoisotopic (exact) mass is 335 g/mol. The fourth-order valence-electron chi connectivity index (χ4n) is 3.36. The number of nitrogens with zero attached hydrogens (tertiary/aromatic N) is 3. The summed E-state index contributed by atoms with van der Waals surface area (Å²) >= 11 is 1.76. The van der Waals surface area contributed by atoms with Gasteiger partial charge in [0, 0.05) is 64.3 Å². The largest absolute Gasteiger partial charge is 0.357 e. The second-order valence-electron chi connectivity index (χ2n) is 6.55. The number of guanidine groups is 1. The Morgan fingerprint density at radius 2 is 2.17 bits per heavy atom. The van der Waals surface area contributed by atoms with E-state index in [9.17, 15) is 0 Å². The molecule has 1 aromatic rings. The maximum Gasteiger partial charge on any atom is 0.191 e. The molecule has 1 aromatic heterocycles. The van der Waals surface area contributed by atoms with E-state index in [4.69, 9.17) is 4.99 Å². The van der Waals surface area contributed by atoms with Crippen LogP contribution < -0.4 is 10.6 Å². The first kappa shape index (κ1) is 16.7. The molecule has 0 radical (unpaired) electrons. The Kier molecular flexibility index (Phi) is 5.91. The summed E-state index contributed by atoms with van der Waals surface area (Å²) in [5.41, 5.74) is 1.39. The molecular weight excluding hydrogens is 306 g/mol. The molecule has 3 aliphatic rings. The predicted molar refractivity (Wildman–Crippen MR) is 98.5 cm³/mol. The van der Waals surface area contributed by atoms with Gasteiger partial charge in [-0.05, 0) is 29.3 Å². The normalized spacial score (nSPS) is 28.6. The molecule has 0 amide bonds. The molecule has 5 nitrogen and oxygen atoms in total. The number of rotatable bonds is 6. The van der Waals surface area contributed by atoms with E-state index in [0.717, 1.165) is 25.6 Å². The Hall–Kier alpha value is -1.11. The van der Waals surface area contributed by atoms with Gasteiger partial charge in [0.05, 0.1) is 0 Å². The highest BCUT2D eigenvalue weighted by Crippen LogP contribution is 2.18. The van der Waals surface area contributed by atoms with Gasteiger partial charge >= 0.3 is 0 Å². The molecule has 0 aliphatic carbocycles. The molecule has 128 valence electrons. The highest BCUT2D eigenvalue weighted by Gasteiger charge is 2.31. The number of nitrogens with one attached hydrogen (secondary N) is 2. The fourth-order valence-corrected chi connectivity index (χ4v) is 4.15. The van der Waals surface area contributed by atoms with Crippen molar-refractivity contribution < 1.29 is 0 Å². The van der Waals surface area contributed by atoms with Crippen molar-refractivity contribution in [1.82, 2.24) is 20.4 Å². The summed E-state index contributed by atoms with van der Waals surface area (Å²) in [5, 5.41) is 11.3. The summed E-state index contributed by atoms with van der Waals surface area (Å²) in [4.78, 5) is 9.98. The van der Waals surface area contributed by atoms with Gasteiger partial charge in [0.1, 0.15) is 0 Å².